The Morgan fingerprint density at radius 3 is 2.59 bits per heavy atom. The molecular formula is C15H16N4O3. The summed E-state index contributed by atoms with van der Waals surface area (Å²) in [6.07, 6.45) is 0.940. The largest absolute Gasteiger partial charge is 0.368 e. The first kappa shape index (κ1) is 15.5. The van der Waals surface area contributed by atoms with Crippen LogP contribution in [0.4, 0.5) is 0 Å². The number of rotatable bonds is 5. The molecule has 1 fully saturated rings. The Balaban J connectivity index is 2.00. The number of nitrogens with zero attached hydrogens (tertiary/aromatic N) is 1. The molecule has 1 heterocycles. The van der Waals surface area contributed by atoms with Crippen LogP contribution in [0.15, 0.2) is 24.3 Å². The van der Waals surface area contributed by atoms with Gasteiger partial charge < -0.3 is 16.4 Å². The predicted octanol–water partition coefficient (Wildman–Crippen LogP) is -0.651. The smallest absolute Gasteiger partial charge is 0.243 e. The summed E-state index contributed by atoms with van der Waals surface area (Å²) in [5.41, 5.74) is 6.61. The lowest BCUT2D eigenvalue weighted by atomic mass is 10.0. The maximum absolute atomic E-state index is 12.0. The van der Waals surface area contributed by atoms with E-state index in [0.29, 0.717) is 18.4 Å². The van der Waals surface area contributed by atoms with Crippen molar-refractivity contribution in [3.63, 3.8) is 0 Å². The molecule has 22 heavy (non-hydrogen) atoms. The minimum atomic E-state index is -0.863. The van der Waals surface area contributed by atoms with Gasteiger partial charge in [-0.2, -0.15) is 5.26 Å². The molecule has 0 radical (unpaired) electrons. The highest BCUT2D eigenvalue weighted by atomic mass is 16.2. The van der Waals surface area contributed by atoms with Crippen LogP contribution < -0.4 is 16.4 Å². The van der Waals surface area contributed by atoms with Gasteiger partial charge in [-0.25, -0.2) is 0 Å². The van der Waals surface area contributed by atoms with Gasteiger partial charge in [0, 0.05) is 12.8 Å². The van der Waals surface area contributed by atoms with Gasteiger partial charge in [0.15, 0.2) is 0 Å². The molecule has 0 aromatic heterocycles. The molecular weight excluding hydrogens is 284 g/mol. The maximum atomic E-state index is 12.0. The third-order valence-electron chi connectivity index (χ3n) is 3.49. The van der Waals surface area contributed by atoms with E-state index < -0.39 is 23.9 Å². The number of primary amides is 1. The van der Waals surface area contributed by atoms with E-state index in [1.165, 1.54) is 0 Å². The Morgan fingerprint density at radius 1 is 1.41 bits per heavy atom. The van der Waals surface area contributed by atoms with Crippen LogP contribution in [-0.4, -0.2) is 29.8 Å². The number of nitrogens with one attached hydrogen (secondary N) is 2. The molecule has 1 aromatic carbocycles. The van der Waals surface area contributed by atoms with Gasteiger partial charge in [0.05, 0.1) is 11.6 Å². The molecule has 0 aliphatic carbocycles. The Labute approximate surface area is 127 Å². The van der Waals surface area contributed by atoms with Crippen LogP contribution in [0.1, 0.15) is 24.0 Å². The standard InChI is InChI=1S/C15H16N4O3/c16-8-10-3-1-9(2-4-10)7-12(14(17)21)19-15(22)11-5-6-13(20)18-11/h1-4,11-12H,5-7H2,(H2,17,21)(H,18,20)(H,19,22)/t11-,12-/m0/s1. The molecule has 0 spiro atoms. The molecule has 1 saturated heterocycles. The lowest BCUT2D eigenvalue weighted by molar-refractivity contribution is -0.129. The van der Waals surface area contributed by atoms with Crippen molar-refractivity contribution in [3.8, 4) is 6.07 Å². The molecule has 0 unspecified atom stereocenters. The van der Waals surface area contributed by atoms with E-state index in [4.69, 9.17) is 11.0 Å². The SMILES string of the molecule is N#Cc1ccc(C[C@H](NC(=O)[C@@H]2CCC(=O)N2)C(N)=O)cc1. The zero-order valence-corrected chi connectivity index (χ0v) is 11.8. The minimum absolute atomic E-state index is 0.178. The lowest BCUT2D eigenvalue weighted by Gasteiger charge is -2.18. The Kier molecular flexibility index (Phi) is 4.73. The third kappa shape index (κ3) is 3.82. The van der Waals surface area contributed by atoms with Crippen molar-refractivity contribution in [2.24, 2.45) is 5.73 Å². The summed E-state index contributed by atoms with van der Waals surface area (Å²) in [5.74, 6) is -1.24. The first-order chi connectivity index (χ1) is 10.5. The molecule has 4 N–H and O–H groups in total. The topological polar surface area (TPSA) is 125 Å². The zero-order chi connectivity index (χ0) is 16.1. The van der Waals surface area contributed by atoms with E-state index in [1.54, 1.807) is 24.3 Å². The van der Waals surface area contributed by atoms with Gasteiger partial charge in [0.25, 0.3) is 0 Å². The third-order valence-corrected chi connectivity index (χ3v) is 3.49. The lowest BCUT2D eigenvalue weighted by Crippen LogP contribution is -2.51. The Bertz CT molecular complexity index is 633. The molecule has 3 amide bonds. The number of hydrogen-bond donors (Lipinski definition) is 3. The van der Waals surface area contributed by atoms with Crippen LogP contribution in [0.5, 0.6) is 0 Å². The summed E-state index contributed by atoms with van der Waals surface area (Å²) < 4.78 is 0. The van der Waals surface area contributed by atoms with Gasteiger partial charge in [0.2, 0.25) is 17.7 Å². The van der Waals surface area contributed by atoms with Gasteiger partial charge in [-0.05, 0) is 24.1 Å². The second-order valence-electron chi connectivity index (χ2n) is 5.14. The number of nitrogens with two attached hydrogens (primary N) is 1. The average molecular weight is 300 g/mol. The summed E-state index contributed by atoms with van der Waals surface area (Å²) in [4.78, 5) is 34.6. The van der Waals surface area contributed by atoms with Crippen molar-refractivity contribution in [1.29, 1.82) is 5.26 Å². The van der Waals surface area contributed by atoms with E-state index >= 15 is 0 Å². The number of hydrogen-bond acceptors (Lipinski definition) is 4. The minimum Gasteiger partial charge on any atom is -0.368 e. The molecule has 1 aromatic rings. The summed E-state index contributed by atoms with van der Waals surface area (Å²) in [6, 6.07) is 7.20. The number of carbonyl (C=O) groups excluding carboxylic acids is 3. The molecule has 7 nitrogen and oxygen atoms in total. The highest BCUT2D eigenvalue weighted by Crippen LogP contribution is 2.09. The molecule has 0 bridgehead atoms. The van der Waals surface area contributed by atoms with E-state index in [2.05, 4.69) is 10.6 Å². The normalized spacial score (nSPS) is 18.1. The van der Waals surface area contributed by atoms with Crippen LogP contribution in [0, 0.1) is 11.3 Å². The number of benzene rings is 1. The molecule has 2 rings (SSSR count). The van der Waals surface area contributed by atoms with Crippen molar-refractivity contribution in [2.45, 2.75) is 31.3 Å². The second kappa shape index (κ2) is 6.72. The highest BCUT2D eigenvalue weighted by molar-refractivity contribution is 5.93. The fourth-order valence-corrected chi connectivity index (χ4v) is 2.26. The summed E-state index contributed by atoms with van der Waals surface area (Å²) in [6.45, 7) is 0. The van der Waals surface area contributed by atoms with E-state index in [9.17, 15) is 14.4 Å². The van der Waals surface area contributed by atoms with Gasteiger partial charge >= 0.3 is 0 Å². The van der Waals surface area contributed by atoms with Crippen LogP contribution in [0.3, 0.4) is 0 Å². The number of amides is 3. The molecule has 7 heteroatoms. The second-order valence-corrected chi connectivity index (χ2v) is 5.14. The Morgan fingerprint density at radius 2 is 2.09 bits per heavy atom. The monoisotopic (exact) mass is 300 g/mol. The van der Waals surface area contributed by atoms with Crippen LogP contribution in [0.25, 0.3) is 0 Å². The summed E-state index contributed by atoms with van der Waals surface area (Å²) >= 11 is 0. The summed E-state index contributed by atoms with van der Waals surface area (Å²) in [7, 11) is 0. The van der Waals surface area contributed by atoms with Crippen molar-refractivity contribution < 1.29 is 14.4 Å². The van der Waals surface area contributed by atoms with Crippen LogP contribution in [0.2, 0.25) is 0 Å². The van der Waals surface area contributed by atoms with Gasteiger partial charge in [0.1, 0.15) is 12.1 Å². The first-order valence-electron chi connectivity index (χ1n) is 6.87. The highest BCUT2D eigenvalue weighted by Gasteiger charge is 2.29. The fourth-order valence-electron chi connectivity index (χ4n) is 2.26. The van der Waals surface area contributed by atoms with Gasteiger partial charge in [-0.15, -0.1) is 0 Å². The van der Waals surface area contributed by atoms with E-state index in [0.717, 1.165) is 5.56 Å². The summed E-state index contributed by atoms with van der Waals surface area (Å²) in [5, 5.41) is 13.8. The fraction of sp³-hybridized carbons (Fsp3) is 0.333. The molecule has 0 saturated carbocycles. The van der Waals surface area contributed by atoms with Gasteiger partial charge in [-0.1, -0.05) is 12.1 Å². The first-order valence-corrected chi connectivity index (χ1v) is 6.87. The van der Waals surface area contributed by atoms with Crippen LogP contribution in [-0.2, 0) is 20.8 Å². The van der Waals surface area contributed by atoms with E-state index in [-0.39, 0.29) is 12.3 Å². The van der Waals surface area contributed by atoms with Crippen molar-refractivity contribution in [2.75, 3.05) is 0 Å². The quantitative estimate of drug-likeness (QED) is 0.668. The molecule has 1 aliphatic heterocycles. The number of carbonyl (C=O) groups is 3. The maximum Gasteiger partial charge on any atom is 0.243 e. The molecule has 1 aliphatic rings. The van der Waals surface area contributed by atoms with Crippen molar-refractivity contribution in [1.82, 2.24) is 10.6 Å². The Hall–Kier alpha value is -2.88. The van der Waals surface area contributed by atoms with Crippen LogP contribution >= 0.6 is 0 Å². The predicted molar refractivity (Wildman–Crippen MR) is 77.2 cm³/mol. The molecule has 2 atom stereocenters. The number of nitriles is 1. The van der Waals surface area contributed by atoms with Crippen molar-refractivity contribution in [3.05, 3.63) is 35.4 Å². The average Bonchev–Trinajstić information content (AvgIpc) is 2.94. The van der Waals surface area contributed by atoms with Gasteiger partial charge in [-0.3, -0.25) is 14.4 Å². The zero-order valence-electron chi connectivity index (χ0n) is 11.8. The molecule has 114 valence electrons. The van der Waals surface area contributed by atoms with Crippen molar-refractivity contribution >= 4 is 17.7 Å². The van der Waals surface area contributed by atoms with E-state index in [1.807, 2.05) is 6.07 Å².